The van der Waals surface area contributed by atoms with E-state index < -0.39 is 19.7 Å². The molecule has 0 unspecified atom stereocenters. The Morgan fingerprint density at radius 3 is 2.39 bits per heavy atom. The molecule has 36 heavy (non-hydrogen) atoms. The summed E-state index contributed by atoms with van der Waals surface area (Å²) in [4.78, 5) is 34.6. The van der Waals surface area contributed by atoms with E-state index in [0.29, 0.717) is 16.9 Å². The van der Waals surface area contributed by atoms with Crippen LogP contribution in [0, 0.1) is 0 Å². The number of nitrogens with zero attached hydrogens (tertiary/aromatic N) is 3. The van der Waals surface area contributed by atoms with E-state index in [9.17, 15) is 14.7 Å². The minimum atomic E-state index is -1.08. The third-order valence-corrected chi connectivity index (χ3v) is 10.7. The van der Waals surface area contributed by atoms with Crippen LogP contribution in [-0.4, -0.2) is 48.8 Å². The number of pyridine rings is 1. The van der Waals surface area contributed by atoms with Crippen molar-refractivity contribution in [1.29, 1.82) is 0 Å². The minimum absolute atomic E-state index is 0.329. The van der Waals surface area contributed by atoms with E-state index in [4.69, 9.17) is 0 Å². The molecule has 190 valence electrons. The summed E-state index contributed by atoms with van der Waals surface area (Å²) >= 11 is 1.59. The van der Waals surface area contributed by atoms with Crippen LogP contribution in [0.3, 0.4) is 0 Å². The molecule has 0 atom stereocenters. The first-order valence-electron chi connectivity index (χ1n) is 12.2. The maximum Gasteiger partial charge on any atom is 0.412 e. The van der Waals surface area contributed by atoms with Crippen LogP contribution in [-0.2, 0) is 0 Å². The predicted octanol–water partition coefficient (Wildman–Crippen LogP) is 6.87. The number of amides is 2. The molecule has 1 aliphatic rings. The molecule has 2 aromatic heterocycles. The maximum atomic E-state index is 13.3. The van der Waals surface area contributed by atoms with Crippen molar-refractivity contribution in [2.45, 2.75) is 51.5 Å². The van der Waals surface area contributed by atoms with E-state index in [1.54, 1.807) is 29.7 Å². The van der Waals surface area contributed by atoms with Crippen LogP contribution >= 0.6 is 11.3 Å². The average molecular weight is 523 g/mol. The lowest BCUT2D eigenvalue weighted by molar-refractivity contribution is 0.102. The third kappa shape index (κ3) is 5.79. The first-order chi connectivity index (χ1) is 16.9. The van der Waals surface area contributed by atoms with Crippen molar-refractivity contribution in [2.24, 2.45) is 0 Å². The van der Waals surface area contributed by atoms with Gasteiger partial charge in [0.1, 0.15) is 5.82 Å². The Balaban J connectivity index is 1.61. The molecule has 4 rings (SSSR count). The molecule has 1 saturated heterocycles. The smallest absolute Gasteiger partial charge is 0.412 e. The molecule has 2 N–H and O–H groups in total. The lowest BCUT2D eigenvalue weighted by Gasteiger charge is -2.36. The number of carbonyl (C=O) groups is 2. The Kier molecular flexibility index (Phi) is 7.24. The van der Waals surface area contributed by atoms with Gasteiger partial charge in [0.2, 0.25) is 0 Å². The van der Waals surface area contributed by atoms with Crippen LogP contribution in [0.4, 0.5) is 22.0 Å². The number of hydrogen-bond donors (Lipinski definition) is 2. The van der Waals surface area contributed by atoms with Crippen molar-refractivity contribution in [2.75, 3.05) is 28.2 Å². The van der Waals surface area contributed by atoms with E-state index >= 15 is 0 Å². The number of aromatic nitrogens is 1. The number of nitrogens with one attached hydrogen (secondary N) is 1. The van der Waals surface area contributed by atoms with Crippen molar-refractivity contribution >= 4 is 48.6 Å². The molecule has 0 bridgehead atoms. The van der Waals surface area contributed by atoms with Crippen LogP contribution in [0.5, 0.6) is 0 Å². The molecule has 7 nitrogen and oxygen atoms in total. The summed E-state index contributed by atoms with van der Waals surface area (Å²) in [6.45, 7) is 12.4. The molecule has 0 saturated carbocycles. The third-order valence-electron chi connectivity index (χ3n) is 6.60. The first kappa shape index (κ1) is 25.9. The van der Waals surface area contributed by atoms with Gasteiger partial charge in [-0.05, 0) is 74.1 Å². The monoisotopic (exact) mass is 522 g/mol. The van der Waals surface area contributed by atoms with Gasteiger partial charge in [0.05, 0.1) is 25.0 Å². The zero-order valence-electron chi connectivity index (χ0n) is 21.5. The minimum Gasteiger partial charge on any atom is -0.465 e. The SMILES string of the molecule is CC(C)(C)N(C(=O)O)c1ccc(-c2cccs2)cc1NC(=O)c1ccc(N2CC[Si](C)(C)CC2)nc1. The van der Waals surface area contributed by atoms with Gasteiger partial charge in [0.25, 0.3) is 5.91 Å². The Bertz CT molecular complexity index is 1230. The van der Waals surface area contributed by atoms with Gasteiger partial charge in [-0.2, -0.15) is 0 Å². The molecule has 9 heteroatoms. The summed E-state index contributed by atoms with van der Waals surface area (Å²) in [6, 6.07) is 15.6. The molecule has 3 aromatic rings. The van der Waals surface area contributed by atoms with Crippen molar-refractivity contribution in [1.82, 2.24) is 4.98 Å². The number of carbonyl (C=O) groups excluding carboxylic acids is 1. The summed E-state index contributed by atoms with van der Waals surface area (Å²) in [5.74, 6) is 0.561. The van der Waals surface area contributed by atoms with Crippen LogP contribution < -0.4 is 15.1 Å². The highest BCUT2D eigenvalue weighted by Crippen LogP contribution is 2.37. The van der Waals surface area contributed by atoms with Crippen LogP contribution in [0.25, 0.3) is 10.4 Å². The molecule has 2 amide bonds. The second kappa shape index (κ2) is 10.1. The molecule has 0 radical (unpaired) electrons. The average Bonchev–Trinajstić information content (AvgIpc) is 3.34. The first-order valence-corrected chi connectivity index (χ1v) is 16.5. The number of carboxylic acid groups (broad SMARTS) is 1. The zero-order chi connectivity index (χ0) is 26.1. The standard InChI is InChI=1S/C27H34N4O3SSi/c1-27(2,3)31(26(33)34)22-10-8-19(23-7-6-14-35-23)17-21(22)29-25(32)20-9-11-24(28-18-20)30-12-15-36(4,5)16-13-30/h6-11,14,17-18H,12-13,15-16H2,1-5H3,(H,29,32)(H,33,34). The Hall–Kier alpha value is -3.17. The van der Waals surface area contributed by atoms with Gasteiger partial charge in [-0.1, -0.05) is 25.2 Å². The van der Waals surface area contributed by atoms with Crippen LogP contribution in [0.1, 0.15) is 31.1 Å². The molecule has 0 aliphatic carbocycles. The number of thiophene rings is 1. The topological polar surface area (TPSA) is 85.8 Å². The molecule has 3 heterocycles. The van der Waals surface area contributed by atoms with Crippen molar-refractivity contribution in [3.05, 3.63) is 59.6 Å². The fourth-order valence-electron chi connectivity index (χ4n) is 4.42. The summed E-state index contributed by atoms with van der Waals surface area (Å²) in [6.07, 6.45) is 0.518. The highest BCUT2D eigenvalue weighted by atomic mass is 32.1. The highest BCUT2D eigenvalue weighted by Gasteiger charge is 2.31. The van der Waals surface area contributed by atoms with Gasteiger partial charge in [-0.3, -0.25) is 9.69 Å². The summed E-state index contributed by atoms with van der Waals surface area (Å²) in [5.41, 5.74) is 1.50. The van der Waals surface area contributed by atoms with Crippen molar-refractivity contribution in [3.8, 4) is 10.4 Å². The maximum absolute atomic E-state index is 13.3. The van der Waals surface area contributed by atoms with E-state index in [1.165, 1.54) is 17.0 Å². The van der Waals surface area contributed by atoms with Gasteiger partial charge in [-0.25, -0.2) is 9.78 Å². The van der Waals surface area contributed by atoms with Gasteiger partial charge in [0.15, 0.2) is 0 Å². The van der Waals surface area contributed by atoms with Crippen molar-refractivity contribution in [3.63, 3.8) is 0 Å². The summed E-state index contributed by atoms with van der Waals surface area (Å²) < 4.78 is 0. The number of anilines is 3. The normalized spacial score (nSPS) is 15.4. The summed E-state index contributed by atoms with van der Waals surface area (Å²) in [5, 5.41) is 14.9. The molecular weight excluding hydrogens is 488 g/mol. The second-order valence-electron chi connectivity index (χ2n) is 11.0. The van der Waals surface area contributed by atoms with Gasteiger partial charge >= 0.3 is 6.09 Å². The van der Waals surface area contributed by atoms with E-state index in [1.807, 2.05) is 56.5 Å². The zero-order valence-corrected chi connectivity index (χ0v) is 23.4. The summed E-state index contributed by atoms with van der Waals surface area (Å²) in [7, 11) is -1.08. The fourth-order valence-corrected chi connectivity index (χ4v) is 7.15. The lowest BCUT2D eigenvalue weighted by Crippen LogP contribution is -2.45. The second-order valence-corrected chi connectivity index (χ2v) is 17.3. The number of rotatable bonds is 5. The fraction of sp³-hybridized carbons (Fsp3) is 0.370. The quantitative estimate of drug-likeness (QED) is 0.357. The number of hydrogen-bond acceptors (Lipinski definition) is 5. The Morgan fingerprint density at radius 2 is 1.83 bits per heavy atom. The molecule has 0 spiro atoms. The predicted molar refractivity (Wildman–Crippen MR) is 152 cm³/mol. The molecule has 1 aromatic carbocycles. The van der Waals surface area contributed by atoms with E-state index in [0.717, 1.165) is 29.3 Å². The van der Waals surface area contributed by atoms with Gasteiger partial charge < -0.3 is 15.3 Å². The number of benzene rings is 1. The van der Waals surface area contributed by atoms with E-state index in [2.05, 4.69) is 28.3 Å². The molecule has 1 aliphatic heterocycles. The van der Waals surface area contributed by atoms with Gasteiger partial charge in [0, 0.05) is 29.7 Å². The largest absolute Gasteiger partial charge is 0.465 e. The van der Waals surface area contributed by atoms with Gasteiger partial charge in [-0.15, -0.1) is 11.3 Å². The lowest BCUT2D eigenvalue weighted by atomic mass is 10.0. The molecular formula is C27H34N4O3SSi. The van der Waals surface area contributed by atoms with E-state index in [-0.39, 0.29) is 5.91 Å². The Labute approximate surface area is 217 Å². The Morgan fingerprint density at radius 1 is 1.11 bits per heavy atom. The molecule has 1 fully saturated rings. The van der Waals surface area contributed by atoms with Crippen molar-refractivity contribution < 1.29 is 14.7 Å². The van der Waals surface area contributed by atoms with Crippen LogP contribution in [0.2, 0.25) is 25.2 Å². The highest BCUT2D eigenvalue weighted by molar-refractivity contribution is 7.13. The van der Waals surface area contributed by atoms with Crippen LogP contribution in [0.15, 0.2) is 54.0 Å².